The molecule has 1 aliphatic rings. The number of aromatic nitrogens is 1. The number of fused-ring (bicyclic) bond motifs is 1. The van der Waals surface area contributed by atoms with Crippen LogP contribution in [-0.2, 0) is 12.0 Å². The zero-order valence-corrected chi connectivity index (χ0v) is 9.66. The maximum Gasteiger partial charge on any atom is 0.255 e. The van der Waals surface area contributed by atoms with Crippen LogP contribution < -0.4 is 0 Å². The smallest absolute Gasteiger partial charge is 0.255 e. The van der Waals surface area contributed by atoms with Gasteiger partial charge in [0.1, 0.15) is 0 Å². The molecule has 1 aromatic heterocycles. The van der Waals surface area contributed by atoms with Gasteiger partial charge < -0.3 is 4.90 Å². The molecule has 1 aliphatic heterocycles. The van der Waals surface area contributed by atoms with E-state index in [0.717, 1.165) is 16.8 Å². The van der Waals surface area contributed by atoms with Crippen molar-refractivity contribution in [1.29, 1.82) is 0 Å². The highest BCUT2D eigenvalue weighted by molar-refractivity contribution is 5.97. The summed E-state index contributed by atoms with van der Waals surface area (Å²) >= 11 is 0. The van der Waals surface area contributed by atoms with Gasteiger partial charge in [-0.25, -0.2) is 0 Å². The van der Waals surface area contributed by atoms with E-state index in [-0.39, 0.29) is 11.3 Å². The summed E-state index contributed by atoms with van der Waals surface area (Å²) in [4.78, 5) is 17.8. The predicted octanol–water partition coefficient (Wildman–Crippen LogP) is 1.96. The average molecular weight is 204 g/mol. The molecule has 0 aliphatic carbocycles. The summed E-state index contributed by atoms with van der Waals surface area (Å²) in [7, 11) is 1.81. The number of hydrogen-bond acceptors (Lipinski definition) is 2. The third-order valence-electron chi connectivity index (χ3n) is 2.80. The van der Waals surface area contributed by atoms with Crippen molar-refractivity contribution >= 4 is 5.91 Å². The second-order valence-electron chi connectivity index (χ2n) is 5.13. The second kappa shape index (κ2) is 3.05. The van der Waals surface area contributed by atoms with E-state index in [0.29, 0.717) is 6.54 Å². The van der Waals surface area contributed by atoms with E-state index < -0.39 is 0 Å². The summed E-state index contributed by atoms with van der Waals surface area (Å²) in [6.45, 7) is 7.01. The van der Waals surface area contributed by atoms with Gasteiger partial charge in [0, 0.05) is 13.2 Å². The molecule has 0 saturated carbocycles. The Morgan fingerprint density at radius 3 is 2.67 bits per heavy atom. The monoisotopic (exact) mass is 204 g/mol. The largest absolute Gasteiger partial charge is 0.336 e. The highest BCUT2D eigenvalue weighted by Gasteiger charge is 2.27. The third kappa shape index (κ3) is 1.62. The number of nitrogens with zero attached hydrogens (tertiary/aromatic N) is 2. The van der Waals surface area contributed by atoms with Crippen LogP contribution in [0.2, 0.25) is 0 Å². The van der Waals surface area contributed by atoms with Crippen molar-refractivity contribution in [2.24, 2.45) is 0 Å². The molecule has 0 N–H and O–H groups in total. The van der Waals surface area contributed by atoms with Crippen LogP contribution in [0.5, 0.6) is 0 Å². The lowest BCUT2D eigenvalue weighted by Gasteiger charge is -2.18. The van der Waals surface area contributed by atoms with Gasteiger partial charge in [-0.15, -0.1) is 0 Å². The Kier molecular flexibility index (Phi) is 2.07. The fourth-order valence-electron chi connectivity index (χ4n) is 1.72. The van der Waals surface area contributed by atoms with Gasteiger partial charge in [0.15, 0.2) is 0 Å². The maximum absolute atomic E-state index is 11.8. The van der Waals surface area contributed by atoms with Crippen molar-refractivity contribution in [3.05, 3.63) is 29.1 Å². The Labute approximate surface area is 90.1 Å². The first-order valence-corrected chi connectivity index (χ1v) is 5.14. The Hall–Kier alpha value is -1.38. The number of hydrogen-bond donors (Lipinski definition) is 0. The molecule has 0 aromatic carbocycles. The SMILES string of the molecule is CN1Cc2ncc(C(C)(C)C)cc2C1=O. The second-order valence-corrected chi connectivity index (χ2v) is 5.13. The fraction of sp³-hybridized carbons (Fsp3) is 0.500. The van der Waals surface area contributed by atoms with Gasteiger partial charge in [0.25, 0.3) is 5.91 Å². The molecule has 0 spiro atoms. The van der Waals surface area contributed by atoms with Crippen LogP contribution in [0, 0.1) is 0 Å². The first-order valence-electron chi connectivity index (χ1n) is 5.14. The van der Waals surface area contributed by atoms with E-state index in [1.807, 2.05) is 12.3 Å². The van der Waals surface area contributed by atoms with E-state index in [9.17, 15) is 4.79 Å². The van der Waals surface area contributed by atoms with Crippen LogP contribution >= 0.6 is 0 Å². The normalized spacial score (nSPS) is 15.7. The summed E-state index contributed by atoms with van der Waals surface area (Å²) in [6.07, 6.45) is 1.88. The van der Waals surface area contributed by atoms with Gasteiger partial charge in [-0.3, -0.25) is 9.78 Å². The van der Waals surface area contributed by atoms with Crippen molar-refractivity contribution in [3.63, 3.8) is 0 Å². The van der Waals surface area contributed by atoms with E-state index in [4.69, 9.17) is 0 Å². The molecule has 0 saturated heterocycles. The van der Waals surface area contributed by atoms with Crippen LogP contribution in [0.1, 0.15) is 42.4 Å². The maximum atomic E-state index is 11.8. The van der Waals surface area contributed by atoms with Crippen LogP contribution in [0.3, 0.4) is 0 Å². The molecule has 1 amide bonds. The number of rotatable bonds is 0. The van der Waals surface area contributed by atoms with Gasteiger partial charge in [-0.1, -0.05) is 20.8 Å². The van der Waals surface area contributed by atoms with Crippen LogP contribution in [0.15, 0.2) is 12.3 Å². The quantitative estimate of drug-likeness (QED) is 0.647. The summed E-state index contributed by atoms with van der Waals surface area (Å²) in [5, 5.41) is 0. The molecule has 15 heavy (non-hydrogen) atoms. The molecule has 0 fully saturated rings. The Morgan fingerprint density at radius 1 is 1.40 bits per heavy atom. The van der Waals surface area contributed by atoms with Gasteiger partial charge >= 0.3 is 0 Å². The molecule has 0 atom stereocenters. The van der Waals surface area contributed by atoms with Crippen LogP contribution in [-0.4, -0.2) is 22.8 Å². The minimum Gasteiger partial charge on any atom is -0.336 e. The zero-order valence-electron chi connectivity index (χ0n) is 9.66. The van der Waals surface area contributed by atoms with E-state index in [1.54, 1.807) is 11.9 Å². The first-order chi connectivity index (χ1) is 6.89. The molecule has 80 valence electrons. The van der Waals surface area contributed by atoms with Gasteiger partial charge in [0.2, 0.25) is 0 Å². The molecule has 1 aromatic rings. The zero-order chi connectivity index (χ0) is 11.2. The minimum absolute atomic E-state index is 0.0451. The van der Waals surface area contributed by atoms with Gasteiger partial charge in [0.05, 0.1) is 17.8 Å². The molecular formula is C12H16N2O. The fourth-order valence-corrected chi connectivity index (χ4v) is 1.72. The van der Waals surface area contributed by atoms with Crippen LogP contribution in [0.25, 0.3) is 0 Å². The van der Waals surface area contributed by atoms with E-state index in [2.05, 4.69) is 25.8 Å². The molecule has 3 heteroatoms. The molecule has 0 bridgehead atoms. The van der Waals surface area contributed by atoms with Crippen molar-refractivity contribution < 1.29 is 4.79 Å². The summed E-state index contributed by atoms with van der Waals surface area (Å²) in [5.41, 5.74) is 2.83. The highest BCUT2D eigenvalue weighted by Crippen LogP contribution is 2.26. The Morgan fingerprint density at radius 2 is 2.07 bits per heavy atom. The van der Waals surface area contributed by atoms with Crippen molar-refractivity contribution in [2.45, 2.75) is 32.7 Å². The first kappa shape index (κ1) is 10.1. The Bertz CT molecular complexity index is 418. The molecule has 2 rings (SSSR count). The lowest BCUT2D eigenvalue weighted by Crippen LogP contribution is -2.18. The number of amides is 1. The Balaban J connectivity index is 2.49. The molecule has 2 heterocycles. The molecule has 0 radical (unpaired) electrons. The summed E-state index contributed by atoms with van der Waals surface area (Å²) in [6, 6.07) is 1.98. The molecule has 0 unspecified atom stereocenters. The van der Waals surface area contributed by atoms with Crippen molar-refractivity contribution in [3.8, 4) is 0 Å². The van der Waals surface area contributed by atoms with Crippen molar-refractivity contribution in [1.82, 2.24) is 9.88 Å². The lowest BCUT2D eigenvalue weighted by atomic mass is 9.87. The van der Waals surface area contributed by atoms with Gasteiger partial charge in [-0.05, 0) is 17.0 Å². The van der Waals surface area contributed by atoms with Crippen LogP contribution in [0.4, 0.5) is 0 Å². The molecular weight excluding hydrogens is 188 g/mol. The van der Waals surface area contributed by atoms with Gasteiger partial charge in [-0.2, -0.15) is 0 Å². The highest BCUT2D eigenvalue weighted by atomic mass is 16.2. The number of carbonyl (C=O) groups excluding carboxylic acids is 1. The van der Waals surface area contributed by atoms with Crippen molar-refractivity contribution in [2.75, 3.05) is 7.05 Å². The summed E-state index contributed by atoms with van der Waals surface area (Å²) in [5.74, 6) is 0.0867. The predicted molar refractivity (Wildman–Crippen MR) is 58.7 cm³/mol. The standard InChI is InChI=1S/C12H16N2O/c1-12(2,3)8-5-9-10(13-6-8)7-14(4)11(9)15/h5-6H,7H2,1-4H3. The summed E-state index contributed by atoms with van der Waals surface area (Å²) < 4.78 is 0. The van der Waals surface area contributed by atoms with E-state index in [1.165, 1.54) is 0 Å². The third-order valence-corrected chi connectivity index (χ3v) is 2.80. The topological polar surface area (TPSA) is 33.2 Å². The number of carbonyl (C=O) groups is 1. The minimum atomic E-state index is 0.0451. The number of pyridine rings is 1. The lowest BCUT2D eigenvalue weighted by molar-refractivity contribution is 0.0816. The average Bonchev–Trinajstić information content (AvgIpc) is 2.41. The van der Waals surface area contributed by atoms with E-state index >= 15 is 0 Å². The molecule has 3 nitrogen and oxygen atoms in total.